The van der Waals surface area contributed by atoms with Crippen LogP contribution in [0.1, 0.15) is 259 Å². The minimum atomic E-state index is -0.240. The van der Waals surface area contributed by atoms with Crippen molar-refractivity contribution in [2.45, 2.75) is 277 Å². The molecule has 1 rings (SSSR count). The number of hydrogen-bond donors (Lipinski definition) is 0. The van der Waals surface area contributed by atoms with Gasteiger partial charge in [-0.25, -0.2) is 4.79 Å². The molecular formula is C53H101NO7. The summed E-state index contributed by atoms with van der Waals surface area (Å²) < 4.78 is 23.5. The highest BCUT2D eigenvalue weighted by atomic mass is 16.6. The molecular weight excluding hydrogens is 763 g/mol. The molecule has 0 radical (unpaired) electrons. The lowest BCUT2D eigenvalue weighted by atomic mass is 9.92. The topological polar surface area (TPSA) is 91.4 Å². The van der Waals surface area contributed by atoms with Crippen molar-refractivity contribution in [1.29, 1.82) is 0 Å². The molecule has 8 nitrogen and oxygen atoms in total. The van der Waals surface area contributed by atoms with Crippen molar-refractivity contribution in [2.75, 3.05) is 33.9 Å². The van der Waals surface area contributed by atoms with E-state index < -0.39 is 0 Å². The van der Waals surface area contributed by atoms with E-state index in [1.54, 1.807) is 0 Å². The minimum absolute atomic E-state index is 0.0320. The summed E-state index contributed by atoms with van der Waals surface area (Å²) >= 11 is 0. The van der Waals surface area contributed by atoms with Gasteiger partial charge in [0.15, 0.2) is 0 Å². The van der Waals surface area contributed by atoms with Crippen molar-refractivity contribution in [3.8, 4) is 0 Å². The monoisotopic (exact) mass is 864 g/mol. The van der Waals surface area contributed by atoms with Crippen LogP contribution in [0.2, 0.25) is 0 Å². The fraction of sp³-hybridized carbons (Fsp3) is 0.943. The zero-order chi connectivity index (χ0) is 44.6. The molecule has 0 aromatic heterocycles. The largest absolute Gasteiger partial charge is 0.466 e. The van der Waals surface area contributed by atoms with E-state index in [1.165, 1.54) is 109 Å². The fourth-order valence-electron chi connectivity index (χ4n) is 9.17. The van der Waals surface area contributed by atoms with E-state index in [1.807, 2.05) is 0 Å². The molecule has 2 atom stereocenters. The predicted octanol–water partition coefficient (Wildman–Crippen LogP) is 14.7. The number of hydrogen-bond acceptors (Lipinski definition) is 8. The van der Waals surface area contributed by atoms with E-state index in [0.29, 0.717) is 43.9 Å². The fourth-order valence-corrected chi connectivity index (χ4v) is 9.17. The average molecular weight is 864 g/mol. The standard InChI is InChI=1S/C53H101NO7/c1-7-11-21-30-46(31-22-12-8-2)40-42-58-51(55)38-27-19-15-17-25-35-49(61-53(57)45-60-50-37-29-34-48(44-50)54(5)6)36-26-18-16-20-28-39-52(56)59-43-41-47(32-23-13-9-3)33-24-14-10-4/h46-50H,7-45H2,1-6H3/t48-,50-/m1/s1. The SMILES string of the molecule is CCCCCC(CCCCC)CCOC(=O)CCCCCCCC(CCCCCCCC(=O)OCCC(CCCCC)CCCCC)OC(=O)CO[C@@H]1CCC[C@@H](N(C)C)C1. The molecule has 0 spiro atoms. The molecule has 1 saturated carbocycles. The highest BCUT2D eigenvalue weighted by Gasteiger charge is 2.25. The molecule has 1 aliphatic rings. The van der Waals surface area contributed by atoms with Crippen LogP contribution in [-0.2, 0) is 33.3 Å². The molecule has 8 heteroatoms. The van der Waals surface area contributed by atoms with Crippen molar-refractivity contribution in [1.82, 2.24) is 4.90 Å². The summed E-state index contributed by atoms with van der Waals surface area (Å²) in [4.78, 5) is 40.2. The number of nitrogens with zero attached hydrogens (tertiary/aromatic N) is 1. The first-order valence-corrected chi connectivity index (χ1v) is 26.5. The van der Waals surface area contributed by atoms with Gasteiger partial charge < -0.3 is 23.8 Å². The summed E-state index contributed by atoms with van der Waals surface area (Å²) in [5.74, 6) is 1.04. The van der Waals surface area contributed by atoms with Gasteiger partial charge in [0.1, 0.15) is 12.7 Å². The third kappa shape index (κ3) is 34.4. The third-order valence-corrected chi connectivity index (χ3v) is 13.3. The van der Waals surface area contributed by atoms with Gasteiger partial charge in [-0.2, -0.15) is 0 Å². The third-order valence-electron chi connectivity index (χ3n) is 13.3. The maximum absolute atomic E-state index is 13.0. The van der Waals surface area contributed by atoms with Gasteiger partial charge in [-0.15, -0.1) is 0 Å². The van der Waals surface area contributed by atoms with Gasteiger partial charge in [-0.3, -0.25) is 9.59 Å². The van der Waals surface area contributed by atoms with E-state index >= 15 is 0 Å². The smallest absolute Gasteiger partial charge is 0.332 e. The van der Waals surface area contributed by atoms with Gasteiger partial charge in [0.05, 0.1) is 19.3 Å². The second-order valence-electron chi connectivity index (χ2n) is 19.2. The lowest BCUT2D eigenvalue weighted by Gasteiger charge is -2.33. The minimum Gasteiger partial charge on any atom is -0.466 e. The zero-order valence-corrected chi connectivity index (χ0v) is 41.3. The second-order valence-corrected chi connectivity index (χ2v) is 19.2. The van der Waals surface area contributed by atoms with Gasteiger partial charge in [-0.1, -0.05) is 169 Å². The molecule has 0 N–H and O–H groups in total. The van der Waals surface area contributed by atoms with Crippen LogP contribution in [0.15, 0.2) is 0 Å². The maximum Gasteiger partial charge on any atom is 0.332 e. The Hall–Kier alpha value is -1.67. The Balaban J connectivity index is 2.40. The van der Waals surface area contributed by atoms with Crippen LogP contribution in [-0.4, -0.2) is 75.0 Å². The van der Waals surface area contributed by atoms with E-state index in [9.17, 15) is 14.4 Å². The molecule has 0 bridgehead atoms. The number of esters is 3. The quantitative estimate of drug-likeness (QED) is 0.0340. The van der Waals surface area contributed by atoms with Gasteiger partial charge >= 0.3 is 17.9 Å². The van der Waals surface area contributed by atoms with Crippen molar-refractivity contribution in [2.24, 2.45) is 11.8 Å². The van der Waals surface area contributed by atoms with Crippen LogP contribution in [0, 0.1) is 11.8 Å². The summed E-state index contributed by atoms with van der Waals surface area (Å²) in [6.07, 6.45) is 39.5. The molecule has 0 saturated heterocycles. The van der Waals surface area contributed by atoms with Crippen molar-refractivity contribution >= 4 is 17.9 Å². The molecule has 0 unspecified atom stereocenters. The Morgan fingerprint density at radius 3 is 1.33 bits per heavy atom. The van der Waals surface area contributed by atoms with Crippen molar-refractivity contribution < 1.29 is 33.3 Å². The number of rotatable bonds is 43. The normalized spacial score (nSPS) is 15.6. The highest BCUT2D eigenvalue weighted by molar-refractivity contribution is 5.71. The number of ether oxygens (including phenoxy) is 4. The van der Waals surface area contributed by atoms with Gasteiger partial charge in [0.25, 0.3) is 0 Å². The predicted molar refractivity (Wildman–Crippen MR) is 255 cm³/mol. The van der Waals surface area contributed by atoms with Crippen molar-refractivity contribution in [3.63, 3.8) is 0 Å². The zero-order valence-electron chi connectivity index (χ0n) is 41.3. The number of carbonyl (C=O) groups is 3. The molecule has 360 valence electrons. The summed E-state index contributed by atoms with van der Waals surface area (Å²) in [5, 5.41) is 0. The Morgan fingerprint density at radius 1 is 0.492 bits per heavy atom. The Bertz CT molecular complexity index is 945. The van der Waals surface area contributed by atoms with Crippen LogP contribution in [0.4, 0.5) is 0 Å². The summed E-state index contributed by atoms with van der Waals surface area (Å²) in [6, 6.07) is 0.509. The molecule has 1 fully saturated rings. The first-order valence-electron chi connectivity index (χ1n) is 26.5. The summed E-state index contributed by atoms with van der Waals surface area (Å²) in [6.45, 7) is 10.2. The Labute approximate surface area is 377 Å². The molecule has 0 aliphatic heterocycles. The van der Waals surface area contributed by atoms with Crippen molar-refractivity contribution in [3.05, 3.63) is 0 Å². The maximum atomic E-state index is 13.0. The first-order chi connectivity index (χ1) is 29.7. The first kappa shape index (κ1) is 57.3. The Morgan fingerprint density at radius 2 is 0.902 bits per heavy atom. The van der Waals surface area contributed by atoms with E-state index in [-0.39, 0.29) is 36.7 Å². The van der Waals surface area contributed by atoms with Crippen LogP contribution >= 0.6 is 0 Å². The van der Waals surface area contributed by atoms with E-state index in [2.05, 4.69) is 46.7 Å². The summed E-state index contributed by atoms with van der Waals surface area (Å²) in [7, 11) is 4.24. The van der Waals surface area contributed by atoms with Gasteiger partial charge in [-0.05, 0) is 103 Å². The summed E-state index contributed by atoms with van der Waals surface area (Å²) in [5.41, 5.74) is 0. The van der Waals surface area contributed by atoms with Gasteiger partial charge in [0.2, 0.25) is 0 Å². The highest BCUT2D eigenvalue weighted by Crippen LogP contribution is 2.25. The Kier molecular flexibility index (Phi) is 38.6. The van der Waals surface area contributed by atoms with Crippen LogP contribution in [0.3, 0.4) is 0 Å². The molecule has 0 aromatic carbocycles. The van der Waals surface area contributed by atoms with E-state index in [4.69, 9.17) is 18.9 Å². The number of unbranched alkanes of at least 4 members (excludes halogenated alkanes) is 16. The lowest BCUT2D eigenvalue weighted by molar-refractivity contribution is -0.158. The van der Waals surface area contributed by atoms with Crippen LogP contribution in [0.5, 0.6) is 0 Å². The average Bonchev–Trinajstić information content (AvgIpc) is 3.24. The van der Waals surface area contributed by atoms with Gasteiger partial charge in [0, 0.05) is 18.9 Å². The molecule has 0 heterocycles. The van der Waals surface area contributed by atoms with E-state index in [0.717, 1.165) is 109 Å². The molecule has 0 amide bonds. The molecule has 0 aromatic rings. The lowest BCUT2D eigenvalue weighted by Crippen LogP contribution is -2.37. The second kappa shape index (κ2) is 41.1. The van der Waals surface area contributed by atoms with Crippen LogP contribution < -0.4 is 0 Å². The molecule has 1 aliphatic carbocycles. The number of carbonyl (C=O) groups excluding carboxylic acids is 3. The van der Waals surface area contributed by atoms with Crippen LogP contribution in [0.25, 0.3) is 0 Å². The molecule has 61 heavy (non-hydrogen) atoms.